The van der Waals surface area contributed by atoms with Crippen molar-refractivity contribution in [1.82, 2.24) is 9.97 Å². The Labute approximate surface area is 208 Å². The maximum Gasteiger partial charge on any atom is 0.297 e. The van der Waals surface area contributed by atoms with Gasteiger partial charge in [0, 0.05) is 21.3 Å². The van der Waals surface area contributed by atoms with E-state index in [0.717, 1.165) is 14.5 Å². The number of benzene rings is 1. The lowest BCUT2D eigenvalue weighted by Crippen LogP contribution is -2.08. The molecule has 3 rings (SSSR count). The smallest absolute Gasteiger partial charge is 0.297 e. The highest BCUT2D eigenvalue weighted by atomic mass is 79.9. The third-order valence-electron chi connectivity index (χ3n) is 3.34. The summed E-state index contributed by atoms with van der Waals surface area (Å²) in [6.07, 6.45) is 6.17. The summed E-state index contributed by atoms with van der Waals surface area (Å²) in [6, 6.07) is 9.50. The van der Waals surface area contributed by atoms with Crippen LogP contribution in [0.1, 0.15) is 5.56 Å². The number of nitrogens with zero attached hydrogens (tertiary/aromatic N) is 2. The van der Waals surface area contributed by atoms with E-state index in [9.17, 15) is 17.2 Å². The van der Waals surface area contributed by atoms with Crippen LogP contribution in [0.2, 0.25) is 0 Å². The van der Waals surface area contributed by atoms with Crippen LogP contribution >= 0.6 is 31.9 Å². The molecule has 12 heteroatoms. The van der Waals surface area contributed by atoms with Crippen molar-refractivity contribution in [3.05, 3.63) is 75.7 Å². The lowest BCUT2D eigenvalue weighted by atomic mass is 10.2. The number of aryl methyl sites for hydroxylation is 1. The van der Waals surface area contributed by atoms with Gasteiger partial charge in [-0.1, -0.05) is 17.7 Å². The fourth-order valence-electron chi connectivity index (χ4n) is 1.94. The summed E-state index contributed by atoms with van der Waals surface area (Å²) in [7, 11) is -3.78. The maximum atomic E-state index is 11.7. The molecule has 0 amide bonds. The lowest BCUT2D eigenvalue weighted by molar-refractivity contribution is 0.272. The van der Waals surface area contributed by atoms with Gasteiger partial charge in [-0.05, 0) is 63.0 Å². The SMILES string of the molecule is Cc1ccc(S(=O)(=O)OCCF)cc1.FCCOc1cncc(Br)c1.Oc1cncc(Br)c1. The molecular weight excluding hydrogens is 590 g/mol. The van der Waals surface area contributed by atoms with Gasteiger partial charge < -0.3 is 9.84 Å². The molecule has 7 nitrogen and oxygen atoms in total. The number of halogens is 4. The average Bonchev–Trinajstić information content (AvgIpc) is 2.77. The van der Waals surface area contributed by atoms with Gasteiger partial charge in [-0.25, -0.2) is 8.78 Å². The molecular formula is C21H22Br2F2N2O5S. The Balaban J connectivity index is 0.000000257. The number of pyridine rings is 2. The topological polar surface area (TPSA) is 98.6 Å². The Hall–Kier alpha value is -2.15. The zero-order valence-electron chi connectivity index (χ0n) is 17.5. The second kappa shape index (κ2) is 15.6. The average molecular weight is 612 g/mol. The van der Waals surface area contributed by atoms with Crippen LogP contribution in [0.25, 0.3) is 0 Å². The molecule has 180 valence electrons. The van der Waals surface area contributed by atoms with Gasteiger partial charge in [-0.15, -0.1) is 0 Å². The predicted octanol–water partition coefficient (Wildman–Crippen LogP) is 5.41. The molecule has 2 heterocycles. The van der Waals surface area contributed by atoms with Crippen molar-refractivity contribution in [1.29, 1.82) is 0 Å². The molecule has 0 spiro atoms. The molecule has 0 unspecified atom stereocenters. The lowest BCUT2D eigenvalue weighted by Gasteiger charge is -2.03. The van der Waals surface area contributed by atoms with E-state index in [1.807, 2.05) is 6.92 Å². The Bertz CT molecular complexity index is 1060. The van der Waals surface area contributed by atoms with Gasteiger partial charge in [-0.2, -0.15) is 8.42 Å². The van der Waals surface area contributed by atoms with E-state index in [4.69, 9.17) is 9.84 Å². The number of aromatic hydroxyl groups is 1. The molecule has 33 heavy (non-hydrogen) atoms. The van der Waals surface area contributed by atoms with E-state index >= 15 is 0 Å². The Morgan fingerprint density at radius 3 is 1.97 bits per heavy atom. The molecule has 3 aromatic rings. The molecule has 0 bridgehead atoms. The van der Waals surface area contributed by atoms with Crippen LogP contribution in [0.4, 0.5) is 8.78 Å². The highest BCUT2D eigenvalue weighted by molar-refractivity contribution is 9.10. The quantitative estimate of drug-likeness (QED) is 0.357. The predicted molar refractivity (Wildman–Crippen MR) is 127 cm³/mol. The number of hydrogen-bond donors (Lipinski definition) is 1. The second-order valence-electron chi connectivity index (χ2n) is 6.02. The molecule has 1 N–H and O–H groups in total. The largest absolute Gasteiger partial charge is 0.506 e. The molecule has 0 fully saturated rings. The van der Waals surface area contributed by atoms with Crippen LogP contribution in [-0.4, -0.2) is 50.1 Å². The first-order chi connectivity index (χ1) is 15.7. The Morgan fingerprint density at radius 1 is 0.909 bits per heavy atom. The number of rotatable bonds is 7. The van der Waals surface area contributed by atoms with Crippen LogP contribution in [0.3, 0.4) is 0 Å². The highest BCUT2D eigenvalue weighted by Gasteiger charge is 2.13. The summed E-state index contributed by atoms with van der Waals surface area (Å²) in [5.41, 5.74) is 0.953. The highest BCUT2D eigenvalue weighted by Crippen LogP contribution is 2.15. The standard InChI is InChI=1S/C9H11FO3S.C7H7BrFNO.C5H4BrNO/c1-8-2-4-9(5-3-8)14(11,12)13-7-6-10;8-6-3-7(5-10-4-6)11-2-1-9;6-4-1-5(8)3-7-2-4/h2-5H,6-7H2,1H3;3-5H,1-2H2;1-3,8H. The summed E-state index contributed by atoms with van der Waals surface area (Å²) in [4.78, 5) is 7.58. The third kappa shape index (κ3) is 12.6. The first-order valence-corrected chi connectivity index (χ1v) is 12.3. The Kier molecular flexibility index (Phi) is 13.7. The monoisotopic (exact) mass is 610 g/mol. The first-order valence-electron chi connectivity index (χ1n) is 9.29. The zero-order valence-corrected chi connectivity index (χ0v) is 21.5. The molecule has 0 aliphatic rings. The first kappa shape index (κ1) is 28.9. The number of hydrogen-bond acceptors (Lipinski definition) is 7. The van der Waals surface area contributed by atoms with Crippen LogP contribution in [0.5, 0.6) is 11.5 Å². The van der Waals surface area contributed by atoms with Crippen LogP contribution in [-0.2, 0) is 14.3 Å². The summed E-state index contributed by atoms with van der Waals surface area (Å²) >= 11 is 6.36. The minimum atomic E-state index is -3.78. The minimum absolute atomic E-state index is 0.0524. The van der Waals surface area contributed by atoms with E-state index in [-0.39, 0.29) is 17.3 Å². The number of aromatic nitrogens is 2. The van der Waals surface area contributed by atoms with Crippen molar-refractivity contribution < 1.29 is 31.2 Å². The molecule has 0 atom stereocenters. The molecule has 0 radical (unpaired) electrons. The van der Waals surface area contributed by atoms with E-state index in [1.54, 1.807) is 42.9 Å². The van der Waals surface area contributed by atoms with E-state index < -0.39 is 30.1 Å². The van der Waals surface area contributed by atoms with Gasteiger partial charge in [0.05, 0.1) is 23.9 Å². The van der Waals surface area contributed by atoms with Crippen LogP contribution < -0.4 is 4.74 Å². The maximum absolute atomic E-state index is 11.7. The zero-order chi connectivity index (χ0) is 24.7. The Morgan fingerprint density at radius 2 is 1.48 bits per heavy atom. The fourth-order valence-corrected chi connectivity index (χ4v) is 3.53. The summed E-state index contributed by atoms with van der Waals surface area (Å²) < 4.78 is 57.0. The van der Waals surface area contributed by atoms with Gasteiger partial charge in [0.1, 0.15) is 31.5 Å². The molecule has 0 saturated carbocycles. The molecule has 0 aliphatic heterocycles. The van der Waals surface area contributed by atoms with E-state index in [1.165, 1.54) is 18.3 Å². The van der Waals surface area contributed by atoms with Crippen molar-refractivity contribution in [3.63, 3.8) is 0 Å². The summed E-state index contributed by atoms with van der Waals surface area (Å²) in [5, 5.41) is 8.72. The van der Waals surface area contributed by atoms with Gasteiger partial charge in [-0.3, -0.25) is 14.2 Å². The van der Waals surface area contributed by atoms with Crippen molar-refractivity contribution in [2.75, 3.05) is 26.6 Å². The third-order valence-corrected chi connectivity index (χ3v) is 5.54. The van der Waals surface area contributed by atoms with Crippen molar-refractivity contribution in [2.24, 2.45) is 0 Å². The normalized spacial score (nSPS) is 10.3. The van der Waals surface area contributed by atoms with Crippen LogP contribution in [0, 0.1) is 6.92 Å². The van der Waals surface area contributed by atoms with Gasteiger partial charge >= 0.3 is 0 Å². The molecule has 2 aromatic heterocycles. The summed E-state index contributed by atoms with van der Waals surface area (Å²) in [5.74, 6) is 0.761. The molecule has 0 aliphatic carbocycles. The van der Waals surface area contributed by atoms with Crippen LogP contribution in [0.15, 0.2) is 75.0 Å². The van der Waals surface area contributed by atoms with Gasteiger partial charge in [0.2, 0.25) is 0 Å². The molecule has 1 aromatic carbocycles. The second-order valence-corrected chi connectivity index (χ2v) is 9.46. The number of alkyl halides is 2. The van der Waals surface area contributed by atoms with E-state index in [2.05, 4.69) is 46.0 Å². The molecule has 0 saturated heterocycles. The fraction of sp³-hybridized carbons (Fsp3) is 0.238. The van der Waals surface area contributed by atoms with E-state index in [0.29, 0.717) is 5.75 Å². The van der Waals surface area contributed by atoms with Gasteiger partial charge in [0.25, 0.3) is 10.1 Å². The van der Waals surface area contributed by atoms with Crippen molar-refractivity contribution >= 4 is 42.0 Å². The number of ether oxygens (including phenoxy) is 1. The van der Waals surface area contributed by atoms with Crippen molar-refractivity contribution in [3.8, 4) is 11.5 Å². The summed E-state index contributed by atoms with van der Waals surface area (Å²) in [6.45, 7) is 0.199. The van der Waals surface area contributed by atoms with Crippen molar-refractivity contribution in [2.45, 2.75) is 11.8 Å². The van der Waals surface area contributed by atoms with Gasteiger partial charge in [0.15, 0.2) is 0 Å². The minimum Gasteiger partial charge on any atom is -0.506 e.